The molecule has 0 spiro atoms. The minimum Gasteiger partial charge on any atom is -0.497 e. The molecule has 1 aliphatic heterocycles. The number of carbonyl (C=O) groups is 2. The van der Waals surface area contributed by atoms with Gasteiger partial charge in [-0.05, 0) is 26.0 Å². The summed E-state index contributed by atoms with van der Waals surface area (Å²) in [5.74, 6) is 0.307. The van der Waals surface area contributed by atoms with Crippen LogP contribution in [0.25, 0.3) is 0 Å². The fraction of sp³-hybridized carbons (Fsp3) is 0.333. The Morgan fingerprint density at radius 1 is 1.38 bits per heavy atom. The number of rotatable bonds is 5. The van der Waals surface area contributed by atoms with Crippen LogP contribution in [-0.4, -0.2) is 32.0 Å². The van der Waals surface area contributed by atoms with Gasteiger partial charge in [0.15, 0.2) is 5.78 Å². The molecule has 0 aromatic heterocycles. The second-order valence-electron chi connectivity index (χ2n) is 4.42. The minimum absolute atomic E-state index is 0.0638. The zero-order valence-corrected chi connectivity index (χ0v) is 13.0. The molecular formula is C15H17NO4S. The maximum Gasteiger partial charge on any atom is 0.325 e. The molecule has 0 atom stereocenters. The molecule has 1 heterocycles. The van der Waals surface area contributed by atoms with Gasteiger partial charge in [0.05, 0.1) is 24.4 Å². The van der Waals surface area contributed by atoms with Crippen molar-refractivity contribution in [1.29, 1.82) is 0 Å². The van der Waals surface area contributed by atoms with E-state index in [0.717, 1.165) is 15.6 Å². The van der Waals surface area contributed by atoms with E-state index >= 15 is 0 Å². The molecule has 0 N–H and O–H groups in total. The van der Waals surface area contributed by atoms with Crippen LogP contribution in [0.3, 0.4) is 0 Å². The molecule has 0 bridgehead atoms. The molecule has 0 saturated heterocycles. The summed E-state index contributed by atoms with van der Waals surface area (Å²) in [5, 5.41) is 0.721. The zero-order valence-electron chi connectivity index (χ0n) is 12.2. The predicted molar refractivity (Wildman–Crippen MR) is 81.6 cm³/mol. The number of hydrogen-bond acceptors (Lipinski definition) is 6. The Morgan fingerprint density at radius 3 is 2.76 bits per heavy atom. The number of nitrogens with zero attached hydrogens (tertiary/aromatic N) is 1. The Morgan fingerprint density at radius 2 is 2.14 bits per heavy atom. The fourth-order valence-electron chi connectivity index (χ4n) is 1.99. The lowest BCUT2D eigenvalue weighted by Gasteiger charge is -2.19. The first-order valence-corrected chi connectivity index (χ1v) is 7.38. The highest BCUT2D eigenvalue weighted by Gasteiger charge is 2.28. The van der Waals surface area contributed by atoms with Crippen LogP contribution in [0.15, 0.2) is 34.2 Å². The molecule has 0 fully saturated rings. The van der Waals surface area contributed by atoms with Crippen molar-refractivity contribution in [1.82, 2.24) is 0 Å². The Kier molecular flexibility index (Phi) is 4.90. The van der Waals surface area contributed by atoms with Gasteiger partial charge in [0.2, 0.25) is 0 Å². The maximum absolute atomic E-state index is 11.8. The van der Waals surface area contributed by atoms with Gasteiger partial charge in [0.1, 0.15) is 12.3 Å². The summed E-state index contributed by atoms with van der Waals surface area (Å²) < 4.78 is 10.2. The highest BCUT2D eigenvalue weighted by atomic mass is 32.2. The molecule has 0 aliphatic carbocycles. The molecule has 0 unspecified atom stereocenters. The number of ketones is 1. The summed E-state index contributed by atoms with van der Waals surface area (Å²) in [7, 11) is 1.59. The van der Waals surface area contributed by atoms with E-state index in [1.165, 1.54) is 24.8 Å². The standard InChI is InChI=1S/C15H17NO4S/c1-4-20-15(18)9-16-12-8-11(19-3)5-6-13(12)21-14(16)7-10(2)17/h5-8H,4,9H2,1-3H3. The lowest BCUT2D eigenvalue weighted by Crippen LogP contribution is -2.27. The molecular weight excluding hydrogens is 290 g/mol. The third-order valence-corrected chi connectivity index (χ3v) is 3.97. The van der Waals surface area contributed by atoms with Gasteiger partial charge in [-0.15, -0.1) is 0 Å². The predicted octanol–water partition coefficient (Wildman–Crippen LogP) is 2.60. The molecule has 112 valence electrons. The van der Waals surface area contributed by atoms with E-state index in [1.807, 2.05) is 18.2 Å². The Hall–Kier alpha value is -1.95. The van der Waals surface area contributed by atoms with Crippen molar-refractivity contribution in [3.05, 3.63) is 29.3 Å². The number of thioether (sulfide) groups is 1. The van der Waals surface area contributed by atoms with Gasteiger partial charge in [-0.2, -0.15) is 0 Å². The summed E-state index contributed by atoms with van der Waals surface area (Å²) >= 11 is 1.45. The number of hydrogen-bond donors (Lipinski definition) is 0. The second-order valence-corrected chi connectivity index (χ2v) is 5.48. The van der Waals surface area contributed by atoms with Crippen molar-refractivity contribution in [2.24, 2.45) is 0 Å². The molecule has 0 amide bonds. The van der Waals surface area contributed by atoms with Crippen molar-refractivity contribution in [2.75, 3.05) is 25.2 Å². The first-order chi connectivity index (χ1) is 10.0. The Bertz CT molecular complexity index is 597. The third-order valence-electron chi connectivity index (χ3n) is 2.86. The van der Waals surface area contributed by atoms with Gasteiger partial charge in [-0.1, -0.05) is 11.8 Å². The number of methoxy groups -OCH3 is 1. The molecule has 0 saturated carbocycles. The number of fused-ring (bicyclic) bond motifs is 1. The van der Waals surface area contributed by atoms with Crippen LogP contribution in [0.1, 0.15) is 13.8 Å². The van der Waals surface area contributed by atoms with Crippen LogP contribution in [0.5, 0.6) is 5.75 Å². The van der Waals surface area contributed by atoms with E-state index in [2.05, 4.69) is 0 Å². The van der Waals surface area contributed by atoms with Crippen LogP contribution >= 0.6 is 11.8 Å². The average Bonchev–Trinajstić information content (AvgIpc) is 2.75. The van der Waals surface area contributed by atoms with E-state index in [4.69, 9.17) is 9.47 Å². The van der Waals surface area contributed by atoms with E-state index in [9.17, 15) is 9.59 Å². The van der Waals surface area contributed by atoms with Crippen molar-refractivity contribution >= 4 is 29.2 Å². The minimum atomic E-state index is -0.330. The molecule has 6 heteroatoms. The normalized spacial score (nSPS) is 15.0. The fourth-order valence-corrected chi connectivity index (χ4v) is 3.12. The topological polar surface area (TPSA) is 55.8 Å². The van der Waals surface area contributed by atoms with Crippen molar-refractivity contribution in [3.63, 3.8) is 0 Å². The Balaban J connectivity index is 2.35. The highest BCUT2D eigenvalue weighted by molar-refractivity contribution is 8.03. The zero-order chi connectivity index (χ0) is 15.4. The Labute approximate surface area is 127 Å². The number of allylic oxidation sites excluding steroid dienone is 1. The van der Waals surface area contributed by atoms with Crippen LogP contribution < -0.4 is 9.64 Å². The van der Waals surface area contributed by atoms with Gasteiger partial charge in [0.25, 0.3) is 0 Å². The van der Waals surface area contributed by atoms with Crippen molar-refractivity contribution < 1.29 is 19.1 Å². The van der Waals surface area contributed by atoms with E-state index < -0.39 is 0 Å². The lowest BCUT2D eigenvalue weighted by atomic mass is 10.2. The van der Waals surface area contributed by atoms with Crippen molar-refractivity contribution in [2.45, 2.75) is 18.7 Å². The smallest absolute Gasteiger partial charge is 0.325 e. The summed E-state index contributed by atoms with van der Waals surface area (Å²) in [6.07, 6.45) is 1.52. The number of anilines is 1. The first-order valence-electron chi connectivity index (χ1n) is 6.56. The van der Waals surface area contributed by atoms with E-state index in [1.54, 1.807) is 18.9 Å². The summed E-state index contributed by atoms with van der Waals surface area (Å²) in [6.45, 7) is 3.65. The monoisotopic (exact) mass is 307 g/mol. The summed E-state index contributed by atoms with van der Waals surface area (Å²) in [4.78, 5) is 25.9. The van der Waals surface area contributed by atoms with Gasteiger partial charge in [-0.25, -0.2) is 0 Å². The van der Waals surface area contributed by atoms with Gasteiger partial charge in [0, 0.05) is 17.0 Å². The van der Waals surface area contributed by atoms with E-state index in [0.29, 0.717) is 12.4 Å². The summed E-state index contributed by atoms with van der Waals surface area (Å²) in [5.41, 5.74) is 0.847. The number of carbonyl (C=O) groups excluding carboxylic acids is 2. The molecule has 1 aromatic rings. The van der Waals surface area contributed by atoms with Gasteiger partial charge < -0.3 is 14.4 Å². The van der Waals surface area contributed by atoms with Crippen LogP contribution in [0.2, 0.25) is 0 Å². The highest BCUT2D eigenvalue weighted by Crippen LogP contribution is 2.47. The largest absolute Gasteiger partial charge is 0.497 e. The van der Waals surface area contributed by atoms with Crippen LogP contribution in [-0.2, 0) is 14.3 Å². The second kappa shape index (κ2) is 6.67. The van der Waals surface area contributed by atoms with Gasteiger partial charge >= 0.3 is 5.97 Å². The molecule has 5 nitrogen and oxygen atoms in total. The molecule has 2 rings (SSSR count). The quantitative estimate of drug-likeness (QED) is 0.615. The molecule has 1 aliphatic rings. The van der Waals surface area contributed by atoms with E-state index in [-0.39, 0.29) is 18.3 Å². The van der Waals surface area contributed by atoms with Crippen LogP contribution in [0, 0.1) is 0 Å². The molecule has 21 heavy (non-hydrogen) atoms. The number of ether oxygens (including phenoxy) is 2. The third kappa shape index (κ3) is 3.58. The van der Waals surface area contributed by atoms with Gasteiger partial charge in [-0.3, -0.25) is 9.59 Å². The summed E-state index contributed by atoms with van der Waals surface area (Å²) in [6, 6.07) is 5.62. The first kappa shape index (κ1) is 15.4. The molecule has 1 aromatic carbocycles. The number of esters is 1. The average molecular weight is 307 g/mol. The maximum atomic E-state index is 11.8. The molecule has 0 radical (unpaired) electrons. The lowest BCUT2D eigenvalue weighted by molar-refractivity contribution is -0.141. The van der Waals surface area contributed by atoms with Crippen molar-refractivity contribution in [3.8, 4) is 5.75 Å². The SMILES string of the molecule is CCOC(=O)CN1C(=CC(C)=O)Sc2ccc(OC)cc21. The number of benzene rings is 1. The van der Waals surface area contributed by atoms with Crippen LogP contribution in [0.4, 0.5) is 5.69 Å².